The third kappa shape index (κ3) is 3.99. The molecule has 31 heavy (non-hydrogen) atoms. The Balaban J connectivity index is 1.94. The Kier molecular flexibility index (Phi) is 6.14. The number of nitriles is 1. The highest BCUT2D eigenvalue weighted by Gasteiger charge is 2.41. The Labute approximate surface area is 186 Å². The molecule has 0 amide bonds. The van der Waals surface area contributed by atoms with Gasteiger partial charge in [0.15, 0.2) is 5.78 Å². The molecular weight excluding hydrogens is 382 g/mol. The Hall–Kier alpha value is -2.67. The number of carbonyl (C=O) groups is 1. The average Bonchev–Trinajstić information content (AvgIpc) is 3.18. The second-order valence-corrected chi connectivity index (χ2v) is 9.58. The van der Waals surface area contributed by atoms with Crippen molar-refractivity contribution < 1.29 is 4.79 Å². The van der Waals surface area contributed by atoms with E-state index in [1.165, 1.54) is 49.3 Å². The molecule has 4 heteroatoms. The number of carbonyl (C=O) groups excluding carboxylic acids is 1. The molecule has 1 fully saturated rings. The molecule has 1 aromatic heterocycles. The van der Waals surface area contributed by atoms with Gasteiger partial charge in [-0.3, -0.25) is 4.79 Å². The summed E-state index contributed by atoms with van der Waals surface area (Å²) < 4.78 is 2.40. The van der Waals surface area contributed by atoms with E-state index in [1.54, 1.807) is 0 Å². The first kappa shape index (κ1) is 21.6. The van der Waals surface area contributed by atoms with Crippen LogP contribution in [-0.4, -0.2) is 15.3 Å². The molecule has 1 heterocycles. The highest BCUT2D eigenvalue weighted by atomic mass is 16.1. The van der Waals surface area contributed by atoms with Gasteiger partial charge >= 0.3 is 0 Å². The third-order valence-corrected chi connectivity index (χ3v) is 7.04. The van der Waals surface area contributed by atoms with Crippen molar-refractivity contribution in [1.82, 2.24) is 9.55 Å². The topological polar surface area (TPSA) is 58.7 Å². The van der Waals surface area contributed by atoms with Gasteiger partial charge in [0, 0.05) is 28.6 Å². The van der Waals surface area contributed by atoms with Crippen molar-refractivity contribution in [1.29, 1.82) is 5.26 Å². The van der Waals surface area contributed by atoms with E-state index in [2.05, 4.69) is 54.8 Å². The van der Waals surface area contributed by atoms with Crippen LogP contribution in [0.3, 0.4) is 0 Å². The summed E-state index contributed by atoms with van der Waals surface area (Å²) in [7, 11) is 0. The lowest BCUT2D eigenvalue weighted by Gasteiger charge is -2.32. The van der Waals surface area contributed by atoms with Crippen molar-refractivity contribution in [2.24, 2.45) is 5.92 Å². The fourth-order valence-corrected chi connectivity index (χ4v) is 5.59. The van der Waals surface area contributed by atoms with E-state index in [0.29, 0.717) is 12.3 Å². The zero-order chi connectivity index (χ0) is 22.0. The van der Waals surface area contributed by atoms with Crippen molar-refractivity contribution in [2.75, 3.05) is 0 Å². The number of hydrogen-bond donors (Lipinski definition) is 0. The first-order chi connectivity index (χ1) is 15.0. The van der Waals surface area contributed by atoms with Crippen LogP contribution in [0.5, 0.6) is 0 Å². The van der Waals surface area contributed by atoms with E-state index in [4.69, 9.17) is 4.98 Å². The maximum Gasteiger partial charge on any atom is 0.175 e. The molecule has 0 N–H and O–H groups in total. The molecule has 1 aromatic carbocycles. The smallest absolute Gasteiger partial charge is 0.175 e. The summed E-state index contributed by atoms with van der Waals surface area (Å²) in [5.74, 6) is 1.43. The van der Waals surface area contributed by atoms with E-state index in [9.17, 15) is 10.1 Å². The van der Waals surface area contributed by atoms with Crippen LogP contribution in [0.25, 0.3) is 5.69 Å². The van der Waals surface area contributed by atoms with Gasteiger partial charge in [0.1, 0.15) is 11.9 Å². The van der Waals surface area contributed by atoms with Crippen LogP contribution < -0.4 is 0 Å². The summed E-state index contributed by atoms with van der Waals surface area (Å²) in [5.41, 5.74) is 3.35. The summed E-state index contributed by atoms with van der Waals surface area (Å²) >= 11 is 0. The highest BCUT2D eigenvalue weighted by Crippen LogP contribution is 2.43. The van der Waals surface area contributed by atoms with Crippen LogP contribution in [0.1, 0.15) is 88.8 Å². The standard InChI is InChI=1S/C27H33N3O/c1-4-11-23-25(27(3)16-19(2)24(31)21(17-27)18-28)29-26(20-12-7-5-8-13-20)30(23)22-14-9-6-10-15-22/h6,9-10,14-15,17,19-20H,4-5,7-8,11-13,16H2,1-3H3/t19-,27+/m1/s1. The first-order valence-corrected chi connectivity index (χ1v) is 11.8. The van der Waals surface area contributed by atoms with E-state index >= 15 is 0 Å². The summed E-state index contributed by atoms with van der Waals surface area (Å²) in [4.78, 5) is 17.9. The molecule has 2 aliphatic carbocycles. The van der Waals surface area contributed by atoms with Crippen LogP contribution in [-0.2, 0) is 16.6 Å². The van der Waals surface area contributed by atoms with Crippen molar-refractivity contribution in [2.45, 2.75) is 83.5 Å². The largest absolute Gasteiger partial charge is 0.300 e. The lowest BCUT2D eigenvalue weighted by molar-refractivity contribution is -0.119. The maximum absolute atomic E-state index is 12.5. The SMILES string of the molecule is CCCc1c([C@]2(C)C=C(C#N)C(=O)[C@H](C)C2)nc(C2CCCCC2)n1-c1ccccc1. The summed E-state index contributed by atoms with van der Waals surface area (Å²) in [6.07, 6.45) is 10.7. The van der Waals surface area contributed by atoms with Gasteiger partial charge in [-0.15, -0.1) is 0 Å². The first-order valence-electron chi connectivity index (χ1n) is 11.8. The van der Waals surface area contributed by atoms with Gasteiger partial charge in [0.2, 0.25) is 0 Å². The molecule has 1 saturated carbocycles. The highest BCUT2D eigenvalue weighted by molar-refractivity contribution is 6.01. The van der Waals surface area contributed by atoms with Crippen molar-refractivity contribution in [3.05, 3.63) is 59.2 Å². The quantitative estimate of drug-likeness (QED) is 0.585. The predicted octanol–water partition coefficient (Wildman–Crippen LogP) is 6.19. The zero-order valence-corrected chi connectivity index (χ0v) is 19.0. The van der Waals surface area contributed by atoms with Gasteiger partial charge in [-0.05, 0) is 37.8 Å². The molecule has 0 radical (unpaired) electrons. The van der Waals surface area contributed by atoms with Crippen molar-refractivity contribution >= 4 is 5.78 Å². The molecule has 4 rings (SSSR count). The predicted molar refractivity (Wildman–Crippen MR) is 123 cm³/mol. The number of ketones is 1. The number of Topliss-reactive ketones (excluding diaryl/α,β-unsaturated/α-hetero) is 1. The molecule has 0 bridgehead atoms. The van der Waals surface area contributed by atoms with Gasteiger partial charge in [-0.2, -0.15) is 5.26 Å². The number of aromatic nitrogens is 2. The minimum absolute atomic E-state index is 0.0352. The molecular formula is C27H33N3O. The minimum atomic E-state index is -0.410. The number of para-hydroxylation sites is 1. The summed E-state index contributed by atoms with van der Waals surface area (Å²) in [6.45, 7) is 6.31. The number of rotatable bonds is 5. The normalized spacial score (nSPS) is 24.6. The zero-order valence-electron chi connectivity index (χ0n) is 19.0. The summed E-state index contributed by atoms with van der Waals surface area (Å²) in [6, 6.07) is 12.7. The van der Waals surface area contributed by atoms with Crippen LogP contribution in [0.2, 0.25) is 0 Å². The molecule has 4 nitrogen and oxygen atoms in total. The number of benzene rings is 1. The number of allylic oxidation sites excluding steroid dienone is 2. The van der Waals surface area contributed by atoms with Gasteiger partial charge in [-0.25, -0.2) is 4.98 Å². The van der Waals surface area contributed by atoms with Gasteiger partial charge in [-0.1, -0.05) is 70.7 Å². The van der Waals surface area contributed by atoms with E-state index < -0.39 is 5.41 Å². The van der Waals surface area contributed by atoms with Crippen LogP contribution in [0.15, 0.2) is 42.0 Å². The van der Waals surface area contributed by atoms with Gasteiger partial charge in [0.25, 0.3) is 0 Å². The molecule has 2 atom stereocenters. The Bertz CT molecular complexity index is 1020. The van der Waals surface area contributed by atoms with Crippen LogP contribution in [0, 0.1) is 17.2 Å². The Morgan fingerprint density at radius 2 is 1.90 bits per heavy atom. The van der Waals surface area contributed by atoms with Crippen molar-refractivity contribution in [3.8, 4) is 11.8 Å². The second kappa shape index (κ2) is 8.83. The van der Waals surface area contributed by atoms with Gasteiger partial charge in [0.05, 0.1) is 11.3 Å². The second-order valence-electron chi connectivity index (χ2n) is 9.58. The van der Waals surface area contributed by atoms with Gasteiger partial charge < -0.3 is 4.57 Å². The minimum Gasteiger partial charge on any atom is -0.300 e. The van der Waals surface area contributed by atoms with E-state index in [1.807, 2.05) is 13.0 Å². The fraction of sp³-hybridized carbons (Fsp3) is 0.519. The molecule has 162 valence electrons. The maximum atomic E-state index is 12.5. The Morgan fingerprint density at radius 1 is 1.19 bits per heavy atom. The molecule has 0 saturated heterocycles. The Morgan fingerprint density at radius 3 is 2.55 bits per heavy atom. The fourth-order valence-electron chi connectivity index (χ4n) is 5.59. The molecule has 0 unspecified atom stereocenters. The third-order valence-electron chi connectivity index (χ3n) is 7.04. The van der Waals surface area contributed by atoms with E-state index in [0.717, 1.165) is 18.5 Å². The van der Waals surface area contributed by atoms with Crippen molar-refractivity contribution in [3.63, 3.8) is 0 Å². The lowest BCUT2D eigenvalue weighted by atomic mass is 9.70. The number of nitrogens with zero attached hydrogens (tertiary/aromatic N) is 3. The summed E-state index contributed by atoms with van der Waals surface area (Å²) in [5, 5.41) is 9.61. The van der Waals surface area contributed by atoms with Crippen LogP contribution in [0.4, 0.5) is 0 Å². The number of imidazole rings is 1. The average molecular weight is 416 g/mol. The van der Waals surface area contributed by atoms with E-state index in [-0.39, 0.29) is 17.3 Å². The number of hydrogen-bond acceptors (Lipinski definition) is 3. The molecule has 0 spiro atoms. The lowest BCUT2D eigenvalue weighted by Crippen LogP contribution is -2.33. The van der Waals surface area contributed by atoms with Crippen LogP contribution >= 0.6 is 0 Å². The molecule has 2 aromatic rings. The molecule has 2 aliphatic rings. The molecule has 0 aliphatic heterocycles. The monoisotopic (exact) mass is 415 g/mol.